The topological polar surface area (TPSA) is 108 Å². The van der Waals surface area contributed by atoms with Gasteiger partial charge in [-0.3, -0.25) is 14.6 Å². The van der Waals surface area contributed by atoms with Crippen molar-refractivity contribution in [2.45, 2.75) is 26.7 Å². The van der Waals surface area contributed by atoms with Gasteiger partial charge in [0.15, 0.2) is 6.61 Å². The Morgan fingerprint density at radius 1 is 1.08 bits per heavy atom. The molecule has 2 fully saturated rings. The summed E-state index contributed by atoms with van der Waals surface area (Å²) < 4.78 is 4.89. The first-order valence-electron chi connectivity index (χ1n) is 12.7. The number of carbonyl (C=O) groups excluding carboxylic acids is 3. The fourth-order valence-corrected chi connectivity index (χ4v) is 5.71. The van der Waals surface area contributed by atoms with Gasteiger partial charge in [-0.15, -0.1) is 0 Å². The third-order valence-electron chi connectivity index (χ3n) is 7.51. The number of aromatic nitrogens is 2. The Bertz CT molecular complexity index is 1350. The van der Waals surface area contributed by atoms with E-state index < -0.39 is 6.09 Å². The first kappa shape index (κ1) is 24.8. The number of hydrogen-bond acceptors (Lipinski definition) is 5. The number of carbonyl (C=O) groups is 3. The zero-order valence-corrected chi connectivity index (χ0v) is 21.7. The second-order valence-corrected chi connectivity index (χ2v) is 10.4. The molecule has 4 heterocycles. The van der Waals surface area contributed by atoms with Crippen molar-refractivity contribution in [1.82, 2.24) is 25.1 Å². The fourth-order valence-electron chi connectivity index (χ4n) is 5.71. The molecule has 0 radical (unpaired) electrons. The van der Waals surface area contributed by atoms with Gasteiger partial charge in [0.05, 0.1) is 5.69 Å². The minimum atomic E-state index is -0.618. The lowest BCUT2D eigenvalue weighted by Crippen LogP contribution is -2.38. The standard InChI is InChI=1S/C28H33N5O4/c1-16(2)25-22-10-19(5-6-23(22)31-26(25)18-7-8-30-17(3)9-18)27(35)33-13-20-11-32(12-21(20)14-33)24(34)15-37-28(36)29-4/h5-10,16,20-21,31H,11-15H2,1-4H3,(H,29,36). The molecule has 3 amide bonds. The van der Waals surface area contributed by atoms with Crippen molar-refractivity contribution < 1.29 is 19.1 Å². The zero-order valence-electron chi connectivity index (χ0n) is 21.7. The van der Waals surface area contributed by atoms with Crippen LogP contribution in [0.2, 0.25) is 0 Å². The minimum absolute atomic E-state index is 0.0225. The van der Waals surface area contributed by atoms with E-state index >= 15 is 0 Å². The normalized spacial score (nSPS) is 18.9. The largest absolute Gasteiger partial charge is 0.439 e. The molecule has 2 aliphatic rings. The van der Waals surface area contributed by atoms with Gasteiger partial charge < -0.3 is 24.8 Å². The molecule has 5 rings (SSSR count). The molecule has 0 saturated carbocycles. The van der Waals surface area contributed by atoms with E-state index in [1.54, 1.807) is 4.90 Å². The predicted octanol–water partition coefficient (Wildman–Crippen LogP) is 3.55. The Hall–Kier alpha value is -3.88. The summed E-state index contributed by atoms with van der Waals surface area (Å²) in [7, 11) is 1.46. The van der Waals surface area contributed by atoms with E-state index in [0.717, 1.165) is 27.9 Å². The Morgan fingerprint density at radius 2 is 1.78 bits per heavy atom. The number of nitrogens with one attached hydrogen (secondary N) is 2. The summed E-state index contributed by atoms with van der Waals surface area (Å²) in [4.78, 5) is 48.7. The molecule has 1 aromatic carbocycles. The van der Waals surface area contributed by atoms with Gasteiger partial charge in [0.1, 0.15) is 0 Å². The Balaban J connectivity index is 1.31. The average Bonchev–Trinajstić information content (AvgIpc) is 3.57. The molecule has 9 heteroatoms. The molecule has 0 aliphatic carbocycles. The summed E-state index contributed by atoms with van der Waals surface area (Å²) in [6, 6.07) is 9.99. The van der Waals surface area contributed by atoms with Gasteiger partial charge in [0.25, 0.3) is 11.8 Å². The number of H-pyrrole nitrogens is 1. The van der Waals surface area contributed by atoms with Crippen LogP contribution in [0.1, 0.15) is 41.4 Å². The van der Waals surface area contributed by atoms with Crippen LogP contribution >= 0.6 is 0 Å². The number of rotatable bonds is 5. The number of pyridine rings is 1. The molecule has 194 valence electrons. The highest BCUT2D eigenvalue weighted by molar-refractivity contribution is 6.01. The van der Waals surface area contributed by atoms with Crippen LogP contribution in [-0.4, -0.2) is 77.5 Å². The van der Waals surface area contributed by atoms with Crippen molar-refractivity contribution in [1.29, 1.82) is 0 Å². The summed E-state index contributed by atoms with van der Waals surface area (Å²) in [5.41, 5.74) is 6.00. The monoisotopic (exact) mass is 503 g/mol. The number of fused-ring (bicyclic) bond motifs is 2. The molecule has 2 atom stereocenters. The van der Waals surface area contributed by atoms with E-state index in [9.17, 15) is 14.4 Å². The van der Waals surface area contributed by atoms with Crippen LogP contribution < -0.4 is 5.32 Å². The highest BCUT2D eigenvalue weighted by Gasteiger charge is 2.43. The molecule has 2 saturated heterocycles. The molecular formula is C28H33N5O4. The number of hydrogen-bond donors (Lipinski definition) is 2. The minimum Gasteiger partial charge on any atom is -0.439 e. The number of benzene rings is 1. The molecule has 9 nitrogen and oxygen atoms in total. The number of aromatic amines is 1. The molecule has 2 aromatic heterocycles. The number of nitrogens with zero attached hydrogens (tertiary/aromatic N) is 3. The van der Waals surface area contributed by atoms with Gasteiger partial charge >= 0.3 is 6.09 Å². The summed E-state index contributed by atoms with van der Waals surface area (Å²) in [6.45, 7) is 8.45. The van der Waals surface area contributed by atoms with Crippen molar-refractivity contribution in [3.8, 4) is 11.3 Å². The molecule has 0 spiro atoms. The summed E-state index contributed by atoms with van der Waals surface area (Å²) in [6.07, 6.45) is 1.20. The molecule has 37 heavy (non-hydrogen) atoms. The number of alkyl carbamates (subject to hydrolysis) is 1. The lowest BCUT2D eigenvalue weighted by atomic mass is 9.95. The first-order chi connectivity index (χ1) is 17.7. The average molecular weight is 504 g/mol. The SMILES string of the molecule is CNC(=O)OCC(=O)N1CC2CN(C(=O)c3ccc4[nH]c(-c5ccnc(C)c5)c(C(C)C)c4c3)CC2C1. The molecule has 2 unspecified atom stereocenters. The second kappa shape index (κ2) is 9.88. The predicted molar refractivity (Wildman–Crippen MR) is 140 cm³/mol. The van der Waals surface area contributed by atoms with E-state index in [0.29, 0.717) is 31.7 Å². The Labute approximate surface area is 216 Å². The van der Waals surface area contributed by atoms with E-state index in [4.69, 9.17) is 4.74 Å². The van der Waals surface area contributed by atoms with Crippen LogP contribution in [0, 0.1) is 18.8 Å². The van der Waals surface area contributed by atoms with Gasteiger partial charge in [-0.1, -0.05) is 13.8 Å². The van der Waals surface area contributed by atoms with Crippen molar-refractivity contribution in [2.75, 3.05) is 39.8 Å². The summed E-state index contributed by atoms with van der Waals surface area (Å²) >= 11 is 0. The maximum atomic E-state index is 13.5. The third kappa shape index (κ3) is 4.77. The fraction of sp³-hybridized carbons (Fsp3) is 0.429. The van der Waals surface area contributed by atoms with Gasteiger partial charge in [0.2, 0.25) is 0 Å². The van der Waals surface area contributed by atoms with E-state index in [-0.39, 0.29) is 36.2 Å². The quantitative estimate of drug-likeness (QED) is 0.554. The molecule has 3 aromatic rings. The summed E-state index contributed by atoms with van der Waals surface area (Å²) in [5.74, 6) is 0.558. The lowest BCUT2D eigenvalue weighted by molar-refractivity contribution is -0.133. The van der Waals surface area contributed by atoms with Crippen LogP contribution in [-0.2, 0) is 9.53 Å². The van der Waals surface area contributed by atoms with Crippen molar-refractivity contribution in [2.24, 2.45) is 11.8 Å². The number of ether oxygens (including phenoxy) is 1. The van der Waals surface area contributed by atoms with Gasteiger partial charge in [0, 0.05) is 79.0 Å². The number of likely N-dealkylation sites (tertiary alicyclic amines) is 2. The van der Waals surface area contributed by atoms with Crippen LogP contribution in [0.15, 0.2) is 36.5 Å². The Morgan fingerprint density at radius 3 is 2.43 bits per heavy atom. The number of aryl methyl sites for hydroxylation is 1. The maximum Gasteiger partial charge on any atom is 0.407 e. The van der Waals surface area contributed by atoms with Crippen molar-refractivity contribution in [3.63, 3.8) is 0 Å². The first-order valence-corrected chi connectivity index (χ1v) is 12.7. The Kier molecular flexibility index (Phi) is 6.62. The van der Waals surface area contributed by atoms with Gasteiger partial charge in [-0.25, -0.2) is 4.79 Å². The van der Waals surface area contributed by atoms with Gasteiger partial charge in [-0.2, -0.15) is 0 Å². The molecular weight excluding hydrogens is 470 g/mol. The smallest absolute Gasteiger partial charge is 0.407 e. The third-order valence-corrected chi connectivity index (χ3v) is 7.51. The number of amides is 3. The van der Waals surface area contributed by atoms with Crippen molar-refractivity contribution in [3.05, 3.63) is 53.3 Å². The van der Waals surface area contributed by atoms with Gasteiger partial charge in [-0.05, 0) is 48.7 Å². The van der Waals surface area contributed by atoms with Crippen LogP contribution in [0.25, 0.3) is 22.2 Å². The highest BCUT2D eigenvalue weighted by Crippen LogP contribution is 2.37. The zero-order chi connectivity index (χ0) is 26.3. The van der Waals surface area contributed by atoms with Crippen LogP contribution in [0.4, 0.5) is 4.79 Å². The van der Waals surface area contributed by atoms with E-state index in [1.807, 2.05) is 42.3 Å². The lowest BCUT2D eigenvalue weighted by Gasteiger charge is -2.22. The highest BCUT2D eigenvalue weighted by atomic mass is 16.6. The summed E-state index contributed by atoms with van der Waals surface area (Å²) in [5, 5.41) is 3.40. The van der Waals surface area contributed by atoms with Crippen LogP contribution in [0.5, 0.6) is 0 Å². The second-order valence-electron chi connectivity index (χ2n) is 10.4. The maximum absolute atomic E-state index is 13.5. The van der Waals surface area contributed by atoms with Crippen LogP contribution in [0.3, 0.4) is 0 Å². The molecule has 2 aliphatic heterocycles. The van der Waals surface area contributed by atoms with E-state index in [2.05, 4.69) is 35.2 Å². The van der Waals surface area contributed by atoms with E-state index in [1.165, 1.54) is 12.6 Å². The molecule has 0 bridgehead atoms. The van der Waals surface area contributed by atoms with Crippen molar-refractivity contribution >= 4 is 28.8 Å². The molecule has 2 N–H and O–H groups in total.